The minimum absolute atomic E-state index is 0.245. The molecule has 0 unspecified atom stereocenters. The van der Waals surface area contributed by atoms with E-state index in [1.54, 1.807) is 0 Å². The third kappa shape index (κ3) is 3.42. The SMILES string of the molecule is CCc1ccc(CNC(=O)C(=O)O)cc1. The van der Waals surface area contributed by atoms with Gasteiger partial charge in [0.1, 0.15) is 0 Å². The molecule has 0 aliphatic carbocycles. The molecule has 80 valence electrons. The molecule has 0 spiro atoms. The summed E-state index contributed by atoms with van der Waals surface area (Å²) in [5.41, 5.74) is 2.10. The van der Waals surface area contributed by atoms with Crippen LogP contribution >= 0.6 is 0 Å². The van der Waals surface area contributed by atoms with E-state index in [0.717, 1.165) is 12.0 Å². The van der Waals surface area contributed by atoms with Crippen LogP contribution in [0.2, 0.25) is 0 Å². The molecule has 0 saturated carbocycles. The Kier molecular flexibility index (Phi) is 3.85. The van der Waals surface area contributed by atoms with Crippen molar-refractivity contribution >= 4 is 11.9 Å². The zero-order chi connectivity index (χ0) is 11.3. The Hall–Kier alpha value is -1.84. The number of hydrogen-bond acceptors (Lipinski definition) is 2. The van der Waals surface area contributed by atoms with Gasteiger partial charge >= 0.3 is 11.9 Å². The molecular weight excluding hydrogens is 194 g/mol. The van der Waals surface area contributed by atoms with Crippen LogP contribution in [0.15, 0.2) is 24.3 Å². The number of amides is 1. The van der Waals surface area contributed by atoms with Gasteiger partial charge in [-0.1, -0.05) is 31.2 Å². The van der Waals surface area contributed by atoms with Crippen molar-refractivity contribution in [1.82, 2.24) is 5.32 Å². The number of nitrogens with one attached hydrogen (secondary N) is 1. The summed E-state index contributed by atoms with van der Waals surface area (Å²) in [7, 11) is 0. The summed E-state index contributed by atoms with van der Waals surface area (Å²) >= 11 is 0. The maximum absolute atomic E-state index is 10.7. The van der Waals surface area contributed by atoms with Gasteiger partial charge in [0.2, 0.25) is 0 Å². The number of rotatable bonds is 3. The maximum Gasteiger partial charge on any atom is 0.394 e. The summed E-state index contributed by atoms with van der Waals surface area (Å²) in [6.45, 7) is 2.30. The Balaban J connectivity index is 2.51. The van der Waals surface area contributed by atoms with Gasteiger partial charge in [-0.2, -0.15) is 0 Å². The molecule has 4 nitrogen and oxygen atoms in total. The number of carboxylic acid groups (broad SMARTS) is 1. The van der Waals surface area contributed by atoms with E-state index in [1.165, 1.54) is 5.56 Å². The van der Waals surface area contributed by atoms with Gasteiger partial charge in [0, 0.05) is 6.54 Å². The second-order valence-corrected chi connectivity index (χ2v) is 3.16. The second kappa shape index (κ2) is 5.14. The summed E-state index contributed by atoms with van der Waals surface area (Å²) in [6, 6.07) is 7.67. The van der Waals surface area contributed by atoms with Crippen molar-refractivity contribution in [2.75, 3.05) is 0 Å². The maximum atomic E-state index is 10.7. The molecule has 15 heavy (non-hydrogen) atoms. The third-order valence-corrected chi connectivity index (χ3v) is 2.08. The number of carbonyl (C=O) groups excluding carboxylic acids is 1. The quantitative estimate of drug-likeness (QED) is 0.725. The highest BCUT2D eigenvalue weighted by atomic mass is 16.4. The lowest BCUT2D eigenvalue weighted by atomic mass is 10.1. The predicted octanol–water partition coefficient (Wildman–Crippen LogP) is 0.950. The molecule has 0 fully saturated rings. The first kappa shape index (κ1) is 11.2. The average molecular weight is 207 g/mol. The minimum atomic E-state index is -1.46. The molecule has 0 saturated heterocycles. The van der Waals surface area contributed by atoms with Crippen LogP contribution in [0.1, 0.15) is 18.1 Å². The normalized spacial score (nSPS) is 9.67. The number of carboxylic acids is 1. The van der Waals surface area contributed by atoms with Crippen molar-refractivity contribution in [2.45, 2.75) is 19.9 Å². The molecule has 0 aromatic heterocycles. The molecule has 1 rings (SSSR count). The summed E-state index contributed by atoms with van der Waals surface area (Å²) in [6.07, 6.45) is 0.960. The Morgan fingerprint density at radius 3 is 2.20 bits per heavy atom. The first-order chi connectivity index (χ1) is 7.13. The van der Waals surface area contributed by atoms with Crippen LogP contribution in [0.5, 0.6) is 0 Å². The van der Waals surface area contributed by atoms with E-state index < -0.39 is 11.9 Å². The molecule has 0 aliphatic rings. The monoisotopic (exact) mass is 207 g/mol. The number of benzene rings is 1. The van der Waals surface area contributed by atoms with Crippen molar-refractivity contribution in [1.29, 1.82) is 0 Å². The first-order valence-electron chi connectivity index (χ1n) is 4.72. The fraction of sp³-hybridized carbons (Fsp3) is 0.273. The fourth-order valence-electron chi connectivity index (χ4n) is 1.15. The van der Waals surface area contributed by atoms with Crippen molar-refractivity contribution in [2.24, 2.45) is 0 Å². The summed E-state index contributed by atoms with van der Waals surface area (Å²) < 4.78 is 0. The van der Waals surface area contributed by atoms with Gasteiger partial charge in [0.15, 0.2) is 0 Å². The van der Waals surface area contributed by atoms with E-state index in [4.69, 9.17) is 5.11 Å². The lowest BCUT2D eigenvalue weighted by Gasteiger charge is -2.03. The topological polar surface area (TPSA) is 66.4 Å². The molecule has 0 atom stereocenters. The molecule has 1 aromatic carbocycles. The van der Waals surface area contributed by atoms with Crippen LogP contribution < -0.4 is 5.32 Å². The lowest BCUT2D eigenvalue weighted by Crippen LogP contribution is -2.29. The molecule has 0 bridgehead atoms. The molecule has 1 amide bonds. The Morgan fingerprint density at radius 2 is 1.73 bits per heavy atom. The van der Waals surface area contributed by atoms with Crippen molar-refractivity contribution in [3.05, 3.63) is 35.4 Å². The van der Waals surface area contributed by atoms with Gasteiger partial charge < -0.3 is 10.4 Å². The van der Waals surface area contributed by atoms with Crippen LogP contribution in [0.25, 0.3) is 0 Å². The zero-order valence-corrected chi connectivity index (χ0v) is 8.49. The highest BCUT2D eigenvalue weighted by Gasteiger charge is 2.09. The standard InChI is InChI=1S/C11H13NO3/c1-2-8-3-5-9(6-4-8)7-12-10(13)11(14)15/h3-6H,2,7H2,1H3,(H,12,13)(H,14,15). The van der Waals surface area contributed by atoms with E-state index in [0.29, 0.717) is 0 Å². The summed E-state index contributed by atoms with van der Waals surface area (Å²) in [5.74, 6) is -2.44. The van der Waals surface area contributed by atoms with Crippen LogP contribution in [-0.2, 0) is 22.6 Å². The van der Waals surface area contributed by atoms with Crippen LogP contribution in [0.3, 0.4) is 0 Å². The lowest BCUT2D eigenvalue weighted by molar-refractivity contribution is -0.150. The average Bonchev–Trinajstić information content (AvgIpc) is 2.26. The fourth-order valence-corrected chi connectivity index (χ4v) is 1.15. The van der Waals surface area contributed by atoms with E-state index in [9.17, 15) is 9.59 Å². The second-order valence-electron chi connectivity index (χ2n) is 3.16. The molecule has 0 heterocycles. The third-order valence-electron chi connectivity index (χ3n) is 2.08. The van der Waals surface area contributed by atoms with E-state index in [-0.39, 0.29) is 6.54 Å². The van der Waals surface area contributed by atoms with E-state index >= 15 is 0 Å². The van der Waals surface area contributed by atoms with Crippen LogP contribution in [-0.4, -0.2) is 17.0 Å². The summed E-state index contributed by atoms with van der Waals surface area (Å²) in [4.78, 5) is 20.9. The zero-order valence-electron chi connectivity index (χ0n) is 8.49. The number of carbonyl (C=O) groups is 2. The van der Waals surface area contributed by atoms with Crippen molar-refractivity contribution < 1.29 is 14.7 Å². The van der Waals surface area contributed by atoms with Crippen molar-refractivity contribution in [3.63, 3.8) is 0 Å². The van der Waals surface area contributed by atoms with Crippen LogP contribution in [0.4, 0.5) is 0 Å². The Labute approximate surface area is 87.9 Å². The number of aliphatic carboxylic acids is 1. The number of hydrogen-bond donors (Lipinski definition) is 2. The van der Waals surface area contributed by atoms with Gasteiger partial charge in [0.05, 0.1) is 0 Å². The Bertz CT molecular complexity index is 357. The molecule has 1 aromatic rings. The van der Waals surface area contributed by atoms with E-state index in [2.05, 4.69) is 12.2 Å². The number of aryl methyl sites for hydroxylation is 1. The molecule has 0 aliphatic heterocycles. The van der Waals surface area contributed by atoms with Gasteiger partial charge in [-0.3, -0.25) is 4.79 Å². The van der Waals surface area contributed by atoms with Crippen molar-refractivity contribution in [3.8, 4) is 0 Å². The molecule has 0 radical (unpaired) electrons. The summed E-state index contributed by atoms with van der Waals surface area (Å²) in [5, 5.41) is 10.6. The minimum Gasteiger partial charge on any atom is -0.474 e. The smallest absolute Gasteiger partial charge is 0.394 e. The highest BCUT2D eigenvalue weighted by molar-refractivity contribution is 6.31. The Morgan fingerprint density at radius 1 is 1.20 bits per heavy atom. The highest BCUT2D eigenvalue weighted by Crippen LogP contribution is 2.04. The van der Waals surface area contributed by atoms with E-state index in [1.807, 2.05) is 24.3 Å². The largest absolute Gasteiger partial charge is 0.474 e. The van der Waals surface area contributed by atoms with Gasteiger partial charge in [-0.25, -0.2) is 4.79 Å². The van der Waals surface area contributed by atoms with Gasteiger partial charge in [-0.15, -0.1) is 0 Å². The predicted molar refractivity (Wildman–Crippen MR) is 55.3 cm³/mol. The molecular formula is C11H13NO3. The van der Waals surface area contributed by atoms with Crippen LogP contribution in [0, 0.1) is 0 Å². The van der Waals surface area contributed by atoms with Gasteiger partial charge in [0.25, 0.3) is 0 Å². The molecule has 4 heteroatoms. The first-order valence-corrected chi connectivity index (χ1v) is 4.72. The van der Waals surface area contributed by atoms with Gasteiger partial charge in [-0.05, 0) is 17.5 Å². The molecule has 2 N–H and O–H groups in total.